The van der Waals surface area contributed by atoms with Crippen molar-refractivity contribution in [3.8, 4) is 43.4 Å². The summed E-state index contributed by atoms with van der Waals surface area (Å²) in [4.78, 5) is 128. The predicted octanol–water partition coefficient (Wildman–Crippen LogP) is 7.72. The number of pyridine rings is 1. The van der Waals surface area contributed by atoms with Crippen LogP contribution in [0.2, 0.25) is 0 Å². The Morgan fingerprint density at radius 2 is 1.42 bits per heavy atom. The molecule has 8 heterocycles. The van der Waals surface area contributed by atoms with Gasteiger partial charge in [0.2, 0.25) is 11.8 Å². The summed E-state index contributed by atoms with van der Waals surface area (Å²) in [7, 11) is 2.93. The minimum atomic E-state index is -1.29. The van der Waals surface area contributed by atoms with E-state index in [4.69, 9.17) is 29.4 Å². The highest BCUT2D eigenvalue weighted by atomic mass is 32.1. The number of aromatic nitrogens is 7. The number of carbonyl (C=O) groups is 7. The van der Waals surface area contributed by atoms with Crippen LogP contribution in [0, 0.1) is 18.8 Å². The van der Waals surface area contributed by atoms with Crippen LogP contribution in [0.1, 0.15) is 119 Å². The Kier molecular flexibility index (Phi) is 17.8. The standard InChI is InChI=1S/C53H51N13O11S6/c1-22(2)37-51-66-40(33(83-51)17-76-5)44(71)55-16-36(68)63-41(42(69)24-9-7-6-8-10-24)50-60-32(20-80-50)48-58-30(18-79-48)39-27(11-12-28(56-39)47-61-34(21-81-47)62-53(75)77-26-13-25(14-26)52(73)74)46-59-31(19-78-46)43(70)57-29(15-35(67)54-4)49-65-38(23(3)82-49)45(72)64-37/h6-12,18-22,25-26,29,37,41-42,69H,13-17H2,1-5H3,(H,54,67)(H,55,71)(H,57,70)(H,62,75)(H,63,68)(H,64,72)(H,73,74)/t25-,26-,29-,37-,41-,42-/m0/s1. The van der Waals surface area contributed by atoms with Gasteiger partial charge >= 0.3 is 12.1 Å². The first kappa shape index (κ1) is 58.4. The van der Waals surface area contributed by atoms with E-state index in [9.17, 15) is 43.8 Å². The van der Waals surface area contributed by atoms with Crippen LogP contribution >= 0.6 is 68.0 Å². The Bertz CT molecular complexity index is 3750. The highest BCUT2D eigenvalue weighted by molar-refractivity contribution is 7.15. The smallest absolute Gasteiger partial charge is 0.413 e. The number of hydrogen-bond donors (Lipinski definition) is 8. The molecule has 430 valence electrons. The van der Waals surface area contributed by atoms with Gasteiger partial charge in [0.05, 0.1) is 48.1 Å². The minimum Gasteiger partial charge on any atom is -0.481 e. The topological polar surface area (TPSA) is 341 Å². The van der Waals surface area contributed by atoms with Gasteiger partial charge in [0, 0.05) is 46.1 Å². The van der Waals surface area contributed by atoms with E-state index in [2.05, 4.69) is 46.9 Å². The van der Waals surface area contributed by atoms with Crippen molar-refractivity contribution in [2.75, 3.05) is 26.0 Å². The fourth-order valence-electron chi connectivity index (χ4n) is 8.79. The van der Waals surface area contributed by atoms with E-state index >= 15 is 0 Å². The van der Waals surface area contributed by atoms with Crippen LogP contribution in [0.25, 0.3) is 43.4 Å². The number of carbonyl (C=O) groups excluding carboxylic acids is 6. The Morgan fingerprint density at radius 3 is 2.17 bits per heavy atom. The highest BCUT2D eigenvalue weighted by Crippen LogP contribution is 2.40. The number of benzene rings is 1. The number of hydrogen-bond acceptors (Lipinski definition) is 23. The summed E-state index contributed by atoms with van der Waals surface area (Å²) in [6, 6.07) is 9.38. The number of nitrogens with one attached hydrogen (secondary N) is 6. The largest absolute Gasteiger partial charge is 0.481 e. The number of methoxy groups -OCH3 is 1. The fraction of sp³-hybridized carbons (Fsp3) is 0.321. The highest BCUT2D eigenvalue weighted by Gasteiger charge is 2.38. The first-order valence-corrected chi connectivity index (χ1v) is 30.7. The van der Waals surface area contributed by atoms with E-state index in [1.807, 2.05) is 13.8 Å². The van der Waals surface area contributed by atoms with Crippen molar-refractivity contribution in [3.63, 3.8) is 0 Å². The number of carboxylic acids is 1. The van der Waals surface area contributed by atoms with Crippen LogP contribution in [-0.4, -0.2) is 114 Å². The van der Waals surface area contributed by atoms with Crippen molar-refractivity contribution in [1.82, 2.24) is 61.5 Å². The average Bonchev–Trinajstić information content (AvgIpc) is 4.45. The van der Waals surface area contributed by atoms with E-state index in [-0.39, 0.29) is 59.7 Å². The molecule has 83 heavy (non-hydrogen) atoms. The second-order valence-electron chi connectivity index (χ2n) is 19.3. The number of aliphatic hydroxyl groups is 1. The lowest BCUT2D eigenvalue weighted by Gasteiger charge is -2.31. The quantitative estimate of drug-likeness (QED) is 0.0614. The molecule has 1 aliphatic heterocycles. The minimum absolute atomic E-state index is 0.00285. The Morgan fingerprint density at radius 1 is 0.711 bits per heavy atom. The SMILES string of the molecule is CNC(=O)C[C@@H]1NC(=O)c2csc(n2)-c2ccc(-c3nc(NC(=O)O[C@H]4C[C@H](C(=O)O)C4)cs3)nc2-c2csc(n2)-c2csc(n2)[C@H]([C@@H](O)c2ccccc2)NC(=O)CNC(=O)c2nc(sc2COC)[C@H](C(C)C)NC(=O)c2nc1sc2C. The summed E-state index contributed by atoms with van der Waals surface area (Å²) in [6.45, 7) is 4.93. The molecule has 0 saturated heterocycles. The third-order valence-electron chi connectivity index (χ3n) is 13.2. The van der Waals surface area contributed by atoms with Gasteiger partial charge in [-0.3, -0.25) is 34.1 Å². The average molecular weight is 1240 g/mol. The van der Waals surface area contributed by atoms with Crippen molar-refractivity contribution in [1.29, 1.82) is 0 Å². The van der Waals surface area contributed by atoms with E-state index in [1.165, 1.54) is 48.2 Å². The van der Waals surface area contributed by atoms with Crippen LogP contribution in [-0.2, 0) is 30.5 Å². The molecule has 24 nitrogen and oxygen atoms in total. The number of amides is 6. The molecule has 1 aromatic carbocycles. The monoisotopic (exact) mass is 1240 g/mol. The number of thiazole rings is 6. The molecule has 7 aromatic heterocycles. The molecule has 2 aliphatic rings. The van der Waals surface area contributed by atoms with Gasteiger partial charge in [0.25, 0.3) is 17.7 Å². The molecule has 8 aromatic rings. The second kappa shape index (κ2) is 25.3. The Balaban J connectivity index is 1.03. The number of anilines is 1. The number of aryl methyl sites for hydroxylation is 1. The zero-order valence-electron chi connectivity index (χ0n) is 44.6. The first-order valence-electron chi connectivity index (χ1n) is 25.6. The molecule has 30 heteroatoms. The maximum atomic E-state index is 14.3. The van der Waals surface area contributed by atoms with E-state index in [1.54, 1.807) is 70.9 Å². The molecular weight excluding hydrogens is 1190 g/mol. The van der Waals surface area contributed by atoms with Crippen LogP contribution in [0.15, 0.2) is 64.0 Å². The van der Waals surface area contributed by atoms with Gasteiger partial charge in [-0.2, -0.15) is 0 Å². The molecule has 10 bridgehead atoms. The third-order valence-corrected chi connectivity index (χ3v) is 18.9. The molecule has 1 saturated carbocycles. The van der Waals surface area contributed by atoms with Crippen LogP contribution in [0.4, 0.5) is 10.6 Å². The van der Waals surface area contributed by atoms with Crippen molar-refractivity contribution < 1.29 is 53.2 Å². The van der Waals surface area contributed by atoms with Crippen molar-refractivity contribution in [2.24, 2.45) is 11.8 Å². The number of rotatable bonds is 11. The molecule has 1 aliphatic carbocycles. The Hall–Kier alpha value is -7.84. The third kappa shape index (κ3) is 13.2. The molecule has 4 atom stereocenters. The zero-order valence-corrected chi connectivity index (χ0v) is 49.5. The number of aliphatic carboxylic acids is 1. The Labute approximate surface area is 496 Å². The summed E-state index contributed by atoms with van der Waals surface area (Å²) in [5.74, 6) is -4.50. The molecule has 0 radical (unpaired) electrons. The fourth-order valence-corrected chi connectivity index (χ4v) is 14.3. The van der Waals surface area contributed by atoms with Crippen LogP contribution in [0.3, 0.4) is 0 Å². The number of ether oxygens (including phenoxy) is 2. The van der Waals surface area contributed by atoms with Gasteiger partial charge in [-0.25, -0.2) is 39.7 Å². The lowest BCUT2D eigenvalue weighted by atomic mass is 9.82. The summed E-state index contributed by atoms with van der Waals surface area (Å²) in [6.07, 6.45) is -2.39. The van der Waals surface area contributed by atoms with Gasteiger partial charge in [-0.05, 0) is 43.4 Å². The van der Waals surface area contributed by atoms with Gasteiger partial charge in [-0.1, -0.05) is 44.2 Å². The summed E-state index contributed by atoms with van der Waals surface area (Å²) in [5.41, 5.74) is 2.56. The maximum absolute atomic E-state index is 14.3. The van der Waals surface area contributed by atoms with Crippen LogP contribution < -0.4 is 31.9 Å². The summed E-state index contributed by atoms with van der Waals surface area (Å²) in [5, 5.41) is 46.7. The lowest BCUT2D eigenvalue weighted by molar-refractivity contribution is -0.148. The normalized spacial score (nSPS) is 18.9. The lowest BCUT2D eigenvalue weighted by Crippen LogP contribution is -2.40. The van der Waals surface area contributed by atoms with E-state index < -0.39 is 84.4 Å². The van der Waals surface area contributed by atoms with E-state index in [0.717, 1.165) is 34.0 Å². The van der Waals surface area contributed by atoms with Gasteiger partial charge < -0.3 is 46.3 Å². The molecular formula is C53H51N13O11S6. The molecule has 6 amide bonds. The molecule has 0 unspecified atom stereocenters. The summed E-state index contributed by atoms with van der Waals surface area (Å²) >= 11 is 7.07. The zero-order chi connectivity index (χ0) is 58.6. The molecule has 0 spiro atoms. The van der Waals surface area contributed by atoms with Crippen LogP contribution in [0.5, 0.6) is 0 Å². The second-order valence-corrected chi connectivity index (χ2v) is 25.1. The molecule has 1 fully saturated rings. The summed E-state index contributed by atoms with van der Waals surface area (Å²) < 4.78 is 10.8. The predicted molar refractivity (Wildman–Crippen MR) is 311 cm³/mol. The number of nitrogens with zero attached hydrogens (tertiary/aromatic N) is 7. The van der Waals surface area contributed by atoms with Crippen molar-refractivity contribution in [3.05, 3.63) is 111 Å². The number of carboxylic acid groups (broad SMARTS) is 1. The van der Waals surface area contributed by atoms with Gasteiger partial charge in [-0.15, -0.1) is 68.0 Å². The number of fused-ring (bicyclic) bond motifs is 14. The van der Waals surface area contributed by atoms with Gasteiger partial charge in [0.1, 0.15) is 88.3 Å². The van der Waals surface area contributed by atoms with Crippen molar-refractivity contribution in [2.45, 2.75) is 77.0 Å². The molecule has 8 N–H and O–H groups in total. The first-order chi connectivity index (χ1) is 39.9. The number of aliphatic hydroxyl groups excluding tert-OH is 1. The van der Waals surface area contributed by atoms with Crippen molar-refractivity contribution >= 4 is 115 Å². The van der Waals surface area contributed by atoms with Gasteiger partial charge in [0.15, 0.2) is 0 Å². The molecule has 10 rings (SSSR count). The van der Waals surface area contributed by atoms with E-state index in [0.29, 0.717) is 68.7 Å². The maximum Gasteiger partial charge on any atom is 0.413 e.